The Balaban J connectivity index is 2.08. The lowest BCUT2D eigenvalue weighted by Gasteiger charge is -2.12. The van der Waals surface area contributed by atoms with Crippen LogP contribution >= 0.6 is 0 Å². The molecule has 1 aromatic carbocycles. The fraction of sp³-hybridized carbons (Fsp3) is 0.500. The summed E-state index contributed by atoms with van der Waals surface area (Å²) >= 11 is 0. The van der Waals surface area contributed by atoms with E-state index in [1.165, 1.54) is 17.7 Å². The van der Waals surface area contributed by atoms with Crippen molar-refractivity contribution in [2.45, 2.75) is 12.3 Å². The number of hydrogen-bond acceptors (Lipinski definition) is 2. The molecule has 0 amide bonds. The van der Waals surface area contributed by atoms with Crippen LogP contribution in [0.5, 0.6) is 0 Å². The fourth-order valence-corrected chi connectivity index (χ4v) is 1.94. The van der Waals surface area contributed by atoms with Gasteiger partial charge in [0.15, 0.2) is 0 Å². The zero-order valence-corrected chi connectivity index (χ0v) is 8.90. The molecule has 0 radical (unpaired) electrons. The largest absolute Gasteiger partial charge is 0.378 e. The van der Waals surface area contributed by atoms with Gasteiger partial charge in [-0.1, -0.05) is 12.1 Å². The van der Waals surface area contributed by atoms with Gasteiger partial charge in [0.25, 0.3) is 0 Å². The predicted octanol–water partition coefficient (Wildman–Crippen LogP) is 1.81. The molecule has 0 aromatic heterocycles. The lowest BCUT2D eigenvalue weighted by atomic mass is 10.1. The molecule has 2 rings (SSSR count). The van der Waals surface area contributed by atoms with Crippen molar-refractivity contribution in [1.29, 1.82) is 0 Å². The molecule has 1 aliphatic carbocycles. The first-order valence-electron chi connectivity index (χ1n) is 5.19. The van der Waals surface area contributed by atoms with E-state index in [4.69, 9.17) is 5.73 Å². The Morgan fingerprint density at radius 3 is 2.36 bits per heavy atom. The minimum atomic E-state index is 0.733. The molecule has 76 valence electrons. The third-order valence-electron chi connectivity index (χ3n) is 3.06. The van der Waals surface area contributed by atoms with Gasteiger partial charge < -0.3 is 10.6 Å². The Labute approximate surface area is 85.7 Å². The van der Waals surface area contributed by atoms with Crippen molar-refractivity contribution < 1.29 is 0 Å². The van der Waals surface area contributed by atoms with E-state index in [-0.39, 0.29) is 0 Å². The first-order chi connectivity index (χ1) is 6.72. The summed E-state index contributed by atoms with van der Waals surface area (Å²) in [5.74, 6) is 1.47. The van der Waals surface area contributed by atoms with E-state index in [1.54, 1.807) is 0 Å². The van der Waals surface area contributed by atoms with Crippen LogP contribution in [0.3, 0.4) is 0 Å². The van der Waals surface area contributed by atoms with Crippen molar-refractivity contribution in [3.05, 3.63) is 29.8 Å². The van der Waals surface area contributed by atoms with Gasteiger partial charge in [-0.05, 0) is 42.5 Å². The number of benzene rings is 1. The molecule has 0 saturated heterocycles. The van der Waals surface area contributed by atoms with E-state index in [9.17, 15) is 0 Å². The van der Waals surface area contributed by atoms with Gasteiger partial charge in [-0.25, -0.2) is 0 Å². The molecular formula is C12H18N2. The van der Waals surface area contributed by atoms with Crippen LogP contribution in [0, 0.1) is 5.92 Å². The van der Waals surface area contributed by atoms with Crippen LogP contribution in [0.25, 0.3) is 0 Å². The highest BCUT2D eigenvalue weighted by Crippen LogP contribution is 2.46. The standard InChI is InChI=1S/C12H18N2/c1-14(2)11-5-3-9(4-6-11)12-7-10(12)8-13/h3-6,10,12H,7-8,13H2,1-2H3/t10-,12+/m1/s1. The van der Waals surface area contributed by atoms with Crippen LogP contribution in [0.15, 0.2) is 24.3 Å². The highest BCUT2D eigenvalue weighted by Gasteiger charge is 2.36. The summed E-state index contributed by atoms with van der Waals surface area (Å²) < 4.78 is 0. The molecule has 1 aromatic rings. The van der Waals surface area contributed by atoms with E-state index in [2.05, 4.69) is 43.3 Å². The van der Waals surface area contributed by atoms with E-state index in [0.29, 0.717) is 0 Å². The van der Waals surface area contributed by atoms with Crippen molar-refractivity contribution in [1.82, 2.24) is 0 Å². The quantitative estimate of drug-likeness (QED) is 0.787. The molecule has 1 saturated carbocycles. The molecule has 2 heteroatoms. The zero-order valence-electron chi connectivity index (χ0n) is 8.90. The number of nitrogens with zero attached hydrogens (tertiary/aromatic N) is 1. The third kappa shape index (κ3) is 1.75. The van der Waals surface area contributed by atoms with Gasteiger partial charge in [-0.15, -0.1) is 0 Å². The van der Waals surface area contributed by atoms with Gasteiger partial charge in [-0.2, -0.15) is 0 Å². The Morgan fingerprint density at radius 2 is 1.93 bits per heavy atom. The monoisotopic (exact) mass is 190 g/mol. The van der Waals surface area contributed by atoms with Crippen molar-refractivity contribution in [3.8, 4) is 0 Å². The molecular weight excluding hydrogens is 172 g/mol. The highest BCUT2D eigenvalue weighted by molar-refractivity contribution is 5.47. The summed E-state index contributed by atoms with van der Waals surface area (Å²) in [6.07, 6.45) is 1.28. The normalized spacial score (nSPS) is 24.8. The molecule has 0 unspecified atom stereocenters. The van der Waals surface area contributed by atoms with Crippen molar-refractivity contribution >= 4 is 5.69 Å². The van der Waals surface area contributed by atoms with E-state index in [1.807, 2.05) is 0 Å². The molecule has 0 heterocycles. The minimum absolute atomic E-state index is 0.733. The average molecular weight is 190 g/mol. The van der Waals surface area contributed by atoms with E-state index < -0.39 is 0 Å². The summed E-state index contributed by atoms with van der Waals surface area (Å²) in [5.41, 5.74) is 8.34. The summed E-state index contributed by atoms with van der Waals surface area (Å²) in [5, 5.41) is 0. The molecule has 2 N–H and O–H groups in total. The van der Waals surface area contributed by atoms with Crippen molar-refractivity contribution in [3.63, 3.8) is 0 Å². The van der Waals surface area contributed by atoms with Crippen LogP contribution < -0.4 is 10.6 Å². The highest BCUT2D eigenvalue weighted by atomic mass is 15.1. The summed E-state index contributed by atoms with van der Waals surface area (Å²) in [4.78, 5) is 2.12. The Kier molecular flexibility index (Phi) is 2.46. The van der Waals surface area contributed by atoms with Gasteiger partial charge >= 0.3 is 0 Å². The fourth-order valence-electron chi connectivity index (χ4n) is 1.94. The van der Waals surface area contributed by atoms with Crippen LogP contribution in [0.1, 0.15) is 17.9 Å². The van der Waals surface area contributed by atoms with Crippen LogP contribution in [-0.2, 0) is 0 Å². The number of rotatable bonds is 3. The SMILES string of the molecule is CN(C)c1ccc([C@@H]2C[C@@H]2CN)cc1. The first kappa shape index (κ1) is 9.53. The van der Waals surface area contributed by atoms with E-state index >= 15 is 0 Å². The van der Waals surface area contributed by atoms with Gasteiger partial charge in [0.2, 0.25) is 0 Å². The smallest absolute Gasteiger partial charge is 0.0361 e. The summed E-state index contributed by atoms with van der Waals surface area (Å²) in [6, 6.07) is 8.83. The first-order valence-corrected chi connectivity index (χ1v) is 5.19. The third-order valence-corrected chi connectivity index (χ3v) is 3.06. The molecule has 14 heavy (non-hydrogen) atoms. The second-order valence-corrected chi connectivity index (χ2v) is 4.32. The van der Waals surface area contributed by atoms with Gasteiger partial charge in [0, 0.05) is 19.8 Å². The lowest BCUT2D eigenvalue weighted by Crippen LogP contribution is -2.08. The maximum Gasteiger partial charge on any atom is 0.0361 e. The van der Waals surface area contributed by atoms with Gasteiger partial charge in [0.05, 0.1) is 0 Å². The topological polar surface area (TPSA) is 29.3 Å². The minimum Gasteiger partial charge on any atom is -0.378 e. The molecule has 2 nitrogen and oxygen atoms in total. The maximum absolute atomic E-state index is 5.63. The summed E-state index contributed by atoms with van der Waals surface area (Å²) in [7, 11) is 4.13. The Bertz CT molecular complexity index is 303. The molecule has 0 bridgehead atoms. The van der Waals surface area contributed by atoms with Gasteiger partial charge in [-0.3, -0.25) is 0 Å². The second-order valence-electron chi connectivity index (χ2n) is 4.32. The second kappa shape index (κ2) is 3.62. The average Bonchev–Trinajstić information content (AvgIpc) is 2.97. The lowest BCUT2D eigenvalue weighted by molar-refractivity contribution is 0.809. The molecule has 0 spiro atoms. The zero-order chi connectivity index (χ0) is 10.1. The Morgan fingerprint density at radius 1 is 1.29 bits per heavy atom. The van der Waals surface area contributed by atoms with Crippen molar-refractivity contribution in [2.75, 3.05) is 25.5 Å². The predicted molar refractivity (Wildman–Crippen MR) is 60.7 cm³/mol. The van der Waals surface area contributed by atoms with Crippen LogP contribution in [-0.4, -0.2) is 20.6 Å². The van der Waals surface area contributed by atoms with Crippen LogP contribution in [0.2, 0.25) is 0 Å². The summed E-state index contributed by atoms with van der Waals surface area (Å²) in [6.45, 7) is 0.833. The maximum atomic E-state index is 5.63. The molecule has 0 aliphatic heterocycles. The number of nitrogens with two attached hydrogens (primary N) is 1. The molecule has 2 atom stereocenters. The number of anilines is 1. The molecule has 1 aliphatic rings. The van der Waals surface area contributed by atoms with Crippen molar-refractivity contribution in [2.24, 2.45) is 11.7 Å². The van der Waals surface area contributed by atoms with Crippen LogP contribution in [0.4, 0.5) is 5.69 Å². The van der Waals surface area contributed by atoms with E-state index in [0.717, 1.165) is 18.4 Å². The Hall–Kier alpha value is -1.02. The molecule has 1 fully saturated rings. The van der Waals surface area contributed by atoms with Gasteiger partial charge in [0.1, 0.15) is 0 Å². The number of hydrogen-bond donors (Lipinski definition) is 1.